The van der Waals surface area contributed by atoms with E-state index in [-0.39, 0.29) is 0 Å². The van der Waals surface area contributed by atoms with Gasteiger partial charge in [-0.1, -0.05) is 6.07 Å². The fourth-order valence-electron chi connectivity index (χ4n) is 2.49. The Labute approximate surface area is 141 Å². The number of hydrogen-bond donors (Lipinski definition) is 1. The van der Waals surface area contributed by atoms with Gasteiger partial charge < -0.3 is 4.74 Å². The van der Waals surface area contributed by atoms with Crippen molar-refractivity contribution in [1.82, 2.24) is 9.97 Å². The standard InChI is InChI=1S/C19H20N4O/c1-4-24-16-8-9-18-17(11-16)19(10-14(3)22-18)23-20-12-15-7-5-6-13(2)21-15/h5-12H,4H2,1-3H3,(H,22,23). The summed E-state index contributed by atoms with van der Waals surface area (Å²) in [6.45, 7) is 6.52. The number of aromatic nitrogens is 2. The first-order valence-corrected chi connectivity index (χ1v) is 7.92. The first kappa shape index (κ1) is 15.9. The van der Waals surface area contributed by atoms with Gasteiger partial charge in [-0.3, -0.25) is 15.4 Å². The van der Waals surface area contributed by atoms with Crippen molar-refractivity contribution < 1.29 is 4.74 Å². The number of hydrogen-bond acceptors (Lipinski definition) is 5. The smallest absolute Gasteiger partial charge is 0.120 e. The predicted octanol–water partition coefficient (Wildman–Crippen LogP) is 4.09. The van der Waals surface area contributed by atoms with Crippen LogP contribution in [0.4, 0.5) is 5.69 Å². The Morgan fingerprint density at radius 1 is 1.08 bits per heavy atom. The van der Waals surface area contributed by atoms with Gasteiger partial charge in [0, 0.05) is 16.8 Å². The van der Waals surface area contributed by atoms with E-state index in [2.05, 4.69) is 20.5 Å². The molecule has 2 aromatic heterocycles. The van der Waals surface area contributed by atoms with Gasteiger partial charge in [0.1, 0.15) is 5.75 Å². The molecule has 0 aliphatic rings. The highest BCUT2D eigenvalue weighted by Crippen LogP contribution is 2.27. The SMILES string of the molecule is CCOc1ccc2nc(C)cc(NN=Cc3cccc(C)n3)c2c1. The maximum atomic E-state index is 5.58. The van der Waals surface area contributed by atoms with E-state index in [0.717, 1.165) is 39.4 Å². The monoisotopic (exact) mass is 320 g/mol. The maximum absolute atomic E-state index is 5.58. The van der Waals surface area contributed by atoms with Crippen molar-refractivity contribution in [1.29, 1.82) is 0 Å². The Hall–Kier alpha value is -2.95. The van der Waals surface area contributed by atoms with Crippen molar-refractivity contribution in [2.24, 2.45) is 5.10 Å². The van der Waals surface area contributed by atoms with E-state index < -0.39 is 0 Å². The minimum absolute atomic E-state index is 0.630. The third-order valence-corrected chi connectivity index (χ3v) is 3.51. The van der Waals surface area contributed by atoms with Crippen molar-refractivity contribution in [3.8, 4) is 5.75 Å². The summed E-state index contributed by atoms with van der Waals surface area (Å²) in [5, 5.41) is 5.29. The lowest BCUT2D eigenvalue weighted by Crippen LogP contribution is -1.97. The molecule has 0 fully saturated rings. The summed E-state index contributed by atoms with van der Waals surface area (Å²) in [6, 6.07) is 13.7. The van der Waals surface area contributed by atoms with Crippen molar-refractivity contribution in [3.63, 3.8) is 0 Å². The molecule has 5 nitrogen and oxygen atoms in total. The van der Waals surface area contributed by atoms with E-state index in [0.29, 0.717) is 6.61 Å². The highest BCUT2D eigenvalue weighted by atomic mass is 16.5. The quantitative estimate of drug-likeness (QED) is 0.568. The molecule has 0 spiro atoms. The number of hydrazone groups is 1. The van der Waals surface area contributed by atoms with Gasteiger partial charge in [0.25, 0.3) is 0 Å². The molecule has 2 heterocycles. The third-order valence-electron chi connectivity index (χ3n) is 3.51. The normalized spacial score (nSPS) is 11.1. The van der Waals surface area contributed by atoms with E-state index in [4.69, 9.17) is 4.74 Å². The molecule has 24 heavy (non-hydrogen) atoms. The molecule has 0 unspecified atom stereocenters. The van der Waals surface area contributed by atoms with Crippen molar-refractivity contribution >= 4 is 22.8 Å². The number of anilines is 1. The van der Waals surface area contributed by atoms with Crippen LogP contribution in [0.25, 0.3) is 10.9 Å². The number of aryl methyl sites for hydroxylation is 2. The van der Waals surface area contributed by atoms with Crippen LogP contribution in [0, 0.1) is 13.8 Å². The molecule has 0 bridgehead atoms. The summed E-state index contributed by atoms with van der Waals surface area (Å²) in [7, 11) is 0. The average Bonchev–Trinajstić information content (AvgIpc) is 2.55. The van der Waals surface area contributed by atoms with E-state index >= 15 is 0 Å². The van der Waals surface area contributed by atoms with E-state index in [1.165, 1.54) is 0 Å². The topological polar surface area (TPSA) is 59.4 Å². The van der Waals surface area contributed by atoms with Crippen LogP contribution in [-0.4, -0.2) is 22.8 Å². The largest absolute Gasteiger partial charge is 0.494 e. The third kappa shape index (κ3) is 3.68. The van der Waals surface area contributed by atoms with Crippen molar-refractivity contribution in [2.75, 3.05) is 12.0 Å². The molecule has 122 valence electrons. The highest BCUT2D eigenvalue weighted by Gasteiger charge is 2.05. The van der Waals surface area contributed by atoms with Crippen LogP contribution < -0.4 is 10.2 Å². The fourth-order valence-corrected chi connectivity index (χ4v) is 2.49. The summed E-state index contributed by atoms with van der Waals surface area (Å²) in [5.74, 6) is 0.822. The molecule has 1 N–H and O–H groups in total. The molecule has 0 aliphatic carbocycles. The van der Waals surface area contributed by atoms with Crippen LogP contribution >= 0.6 is 0 Å². The maximum Gasteiger partial charge on any atom is 0.120 e. The molecule has 0 aliphatic heterocycles. The molecule has 0 radical (unpaired) electrons. The summed E-state index contributed by atoms with van der Waals surface area (Å²) >= 11 is 0. The van der Waals surface area contributed by atoms with Gasteiger partial charge in [0.05, 0.1) is 29.7 Å². The molecule has 0 saturated heterocycles. The molecular weight excluding hydrogens is 300 g/mol. The van der Waals surface area contributed by atoms with Gasteiger partial charge in [0.2, 0.25) is 0 Å². The van der Waals surface area contributed by atoms with Gasteiger partial charge in [0.15, 0.2) is 0 Å². The first-order valence-electron chi connectivity index (χ1n) is 7.92. The van der Waals surface area contributed by atoms with E-state index in [1.807, 2.05) is 63.2 Å². The van der Waals surface area contributed by atoms with Crippen LogP contribution in [0.3, 0.4) is 0 Å². The Morgan fingerprint density at radius 3 is 2.75 bits per heavy atom. The minimum atomic E-state index is 0.630. The lowest BCUT2D eigenvalue weighted by atomic mass is 10.1. The second-order valence-corrected chi connectivity index (χ2v) is 5.50. The number of nitrogens with one attached hydrogen (secondary N) is 1. The molecule has 0 atom stereocenters. The van der Waals surface area contributed by atoms with Crippen molar-refractivity contribution in [2.45, 2.75) is 20.8 Å². The van der Waals surface area contributed by atoms with Gasteiger partial charge in [-0.15, -0.1) is 0 Å². The Bertz CT molecular complexity index is 890. The fraction of sp³-hybridized carbons (Fsp3) is 0.211. The van der Waals surface area contributed by atoms with Crippen LogP contribution in [-0.2, 0) is 0 Å². The summed E-state index contributed by atoms with van der Waals surface area (Å²) in [6.07, 6.45) is 1.71. The molecule has 1 aromatic carbocycles. The minimum Gasteiger partial charge on any atom is -0.494 e. The van der Waals surface area contributed by atoms with Crippen LogP contribution in [0.5, 0.6) is 5.75 Å². The lowest BCUT2D eigenvalue weighted by molar-refractivity contribution is 0.340. The lowest BCUT2D eigenvalue weighted by Gasteiger charge is -2.09. The highest BCUT2D eigenvalue weighted by molar-refractivity contribution is 5.93. The zero-order valence-electron chi connectivity index (χ0n) is 14.1. The van der Waals surface area contributed by atoms with Gasteiger partial charge in [-0.2, -0.15) is 5.10 Å². The van der Waals surface area contributed by atoms with E-state index in [9.17, 15) is 0 Å². The molecule has 3 aromatic rings. The molecule has 0 amide bonds. The van der Waals surface area contributed by atoms with Crippen molar-refractivity contribution in [3.05, 3.63) is 59.5 Å². The number of pyridine rings is 2. The molecule has 0 saturated carbocycles. The number of nitrogens with zero attached hydrogens (tertiary/aromatic N) is 3. The molecule has 3 rings (SSSR count). The zero-order chi connectivity index (χ0) is 16.9. The number of rotatable bonds is 5. The summed E-state index contributed by atoms with van der Waals surface area (Å²) < 4.78 is 5.58. The Morgan fingerprint density at radius 2 is 1.96 bits per heavy atom. The Balaban J connectivity index is 1.91. The van der Waals surface area contributed by atoms with E-state index in [1.54, 1.807) is 6.21 Å². The molecule has 5 heteroatoms. The number of ether oxygens (including phenoxy) is 1. The van der Waals surface area contributed by atoms with Crippen LogP contribution in [0.1, 0.15) is 24.0 Å². The van der Waals surface area contributed by atoms with Gasteiger partial charge >= 0.3 is 0 Å². The molecular formula is C19H20N4O. The summed E-state index contributed by atoms with van der Waals surface area (Å²) in [5.41, 5.74) is 7.60. The zero-order valence-corrected chi connectivity index (χ0v) is 14.1. The average molecular weight is 320 g/mol. The Kier molecular flexibility index (Phi) is 4.70. The van der Waals surface area contributed by atoms with Crippen LogP contribution in [0.2, 0.25) is 0 Å². The van der Waals surface area contributed by atoms with Gasteiger partial charge in [-0.05, 0) is 57.2 Å². The second kappa shape index (κ2) is 7.08. The number of fused-ring (bicyclic) bond motifs is 1. The number of benzene rings is 1. The second-order valence-electron chi connectivity index (χ2n) is 5.50. The summed E-state index contributed by atoms with van der Waals surface area (Å²) in [4.78, 5) is 8.96. The first-order chi connectivity index (χ1) is 11.7. The predicted molar refractivity (Wildman–Crippen MR) is 97.8 cm³/mol. The van der Waals surface area contributed by atoms with Crippen LogP contribution in [0.15, 0.2) is 47.6 Å². The van der Waals surface area contributed by atoms with Gasteiger partial charge in [-0.25, -0.2) is 0 Å².